The minimum atomic E-state index is -4.24. The Balaban J connectivity index is 1.54. The molecule has 0 radical (unpaired) electrons. The van der Waals surface area contributed by atoms with Crippen LogP contribution >= 0.6 is 11.3 Å². The highest BCUT2D eigenvalue weighted by Gasteiger charge is 2.31. The van der Waals surface area contributed by atoms with E-state index in [9.17, 15) is 22.4 Å². The molecule has 2 heterocycles. The van der Waals surface area contributed by atoms with Crippen LogP contribution in [0.5, 0.6) is 0 Å². The quantitative estimate of drug-likeness (QED) is 0.737. The summed E-state index contributed by atoms with van der Waals surface area (Å²) in [6.07, 6.45) is -1.63. The molecule has 0 unspecified atom stereocenters. The van der Waals surface area contributed by atoms with E-state index >= 15 is 0 Å². The summed E-state index contributed by atoms with van der Waals surface area (Å²) in [7, 11) is 0. The third-order valence-corrected chi connectivity index (χ3v) is 5.57. The molecule has 5 nitrogen and oxygen atoms in total. The number of carbonyl (C=O) groups excluding carboxylic acids is 1. The van der Waals surface area contributed by atoms with Crippen LogP contribution in [-0.4, -0.2) is 59.7 Å². The average Bonchev–Trinajstić information content (AvgIpc) is 2.92. The van der Waals surface area contributed by atoms with Crippen molar-refractivity contribution in [2.75, 3.05) is 38.0 Å². The predicted molar refractivity (Wildman–Crippen MR) is 104 cm³/mol. The Labute approximate surface area is 170 Å². The number of aromatic nitrogens is 1. The number of nitrogens with zero attached hydrogens (tertiary/aromatic N) is 3. The monoisotopic (exact) mass is 430 g/mol. The van der Waals surface area contributed by atoms with E-state index in [1.807, 2.05) is 6.07 Å². The summed E-state index contributed by atoms with van der Waals surface area (Å²) in [6.45, 7) is 1.83. The van der Waals surface area contributed by atoms with Crippen molar-refractivity contribution >= 4 is 22.5 Å². The summed E-state index contributed by atoms with van der Waals surface area (Å²) in [5.74, 6) is -0.263. The lowest BCUT2D eigenvalue weighted by molar-refractivity contribution is -0.145. The molecule has 3 rings (SSSR count). The van der Waals surface area contributed by atoms with Gasteiger partial charge in [-0.05, 0) is 30.5 Å². The van der Waals surface area contributed by atoms with Gasteiger partial charge in [-0.3, -0.25) is 10.2 Å². The fourth-order valence-corrected chi connectivity index (χ4v) is 3.99. The molecule has 2 amide bonds. The van der Waals surface area contributed by atoms with Crippen LogP contribution in [0.4, 0.5) is 27.5 Å². The molecule has 0 spiro atoms. The van der Waals surface area contributed by atoms with E-state index < -0.39 is 12.7 Å². The molecule has 0 bridgehead atoms. The molecule has 29 heavy (non-hydrogen) atoms. The number of hydrogen-bond donors (Lipinski definition) is 1. The van der Waals surface area contributed by atoms with Crippen LogP contribution in [0.1, 0.15) is 22.4 Å². The van der Waals surface area contributed by atoms with Crippen molar-refractivity contribution in [3.8, 4) is 0 Å². The molecule has 1 aromatic heterocycles. The fourth-order valence-electron chi connectivity index (χ4n) is 3.15. The smallest absolute Gasteiger partial charge is 0.323 e. The summed E-state index contributed by atoms with van der Waals surface area (Å²) >= 11 is 1.29. The topological polar surface area (TPSA) is 48.5 Å². The van der Waals surface area contributed by atoms with Gasteiger partial charge in [0.05, 0.1) is 6.54 Å². The number of alkyl halides is 3. The number of hydrogen-bond acceptors (Lipinski definition) is 4. The second-order valence-electron chi connectivity index (χ2n) is 7.05. The number of halogens is 4. The normalized spacial score (nSPS) is 16.0. The molecule has 1 saturated heterocycles. The minimum Gasteiger partial charge on any atom is -0.323 e. The highest BCUT2D eigenvalue weighted by Crippen LogP contribution is 2.23. The highest BCUT2D eigenvalue weighted by atomic mass is 32.1. The maximum Gasteiger partial charge on any atom is 0.401 e. The van der Waals surface area contributed by atoms with Crippen molar-refractivity contribution in [1.29, 1.82) is 0 Å². The predicted octanol–water partition coefficient (Wildman–Crippen LogP) is 4.28. The van der Waals surface area contributed by atoms with Gasteiger partial charge in [0.1, 0.15) is 5.82 Å². The Kier molecular flexibility index (Phi) is 6.74. The second-order valence-corrected chi connectivity index (χ2v) is 8.17. The maximum absolute atomic E-state index is 13.7. The van der Waals surface area contributed by atoms with Gasteiger partial charge in [0.15, 0.2) is 5.13 Å². The molecule has 0 saturated carbocycles. The van der Waals surface area contributed by atoms with Crippen LogP contribution in [0.15, 0.2) is 24.4 Å². The van der Waals surface area contributed by atoms with Crippen LogP contribution in [-0.2, 0) is 6.42 Å². The van der Waals surface area contributed by atoms with Crippen molar-refractivity contribution in [2.24, 2.45) is 0 Å². The van der Waals surface area contributed by atoms with Crippen molar-refractivity contribution in [2.45, 2.75) is 25.9 Å². The summed E-state index contributed by atoms with van der Waals surface area (Å²) in [5, 5.41) is 3.12. The first-order chi connectivity index (χ1) is 13.7. The van der Waals surface area contributed by atoms with Crippen LogP contribution in [0.3, 0.4) is 0 Å². The van der Waals surface area contributed by atoms with E-state index in [0.717, 1.165) is 10.4 Å². The zero-order valence-corrected chi connectivity index (χ0v) is 16.7. The first-order valence-electron chi connectivity index (χ1n) is 9.24. The van der Waals surface area contributed by atoms with Gasteiger partial charge in [0.25, 0.3) is 0 Å². The van der Waals surface area contributed by atoms with Gasteiger partial charge in [-0.2, -0.15) is 13.2 Å². The van der Waals surface area contributed by atoms with Gasteiger partial charge in [0.2, 0.25) is 0 Å². The minimum absolute atomic E-state index is 0.176. The summed E-state index contributed by atoms with van der Waals surface area (Å²) in [6, 6.07) is 4.68. The lowest BCUT2D eigenvalue weighted by atomic mass is 10.1. The fraction of sp³-hybridized carbons (Fsp3) is 0.474. The molecule has 0 atom stereocenters. The number of amides is 2. The summed E-state index contributed by atoms with van der Waals surface area (Å²) < 4.78 is 51.3. The standard InChI is InChI=1S/C19H22F4N4OS/c1-13-3-4-14(10-16(13)20)9-15-11-24-17(29-15)25-18(28)27-6-2-5-26(7-8-27)12-19(21,22)23/h3-4,10-11H,2,5-9,12H2,1H3,(H,24,25,28). The second kappa shape index (κ2) is 9.08. The van der Waals surface area contributed by atoms with E-state index in [-0.39, 0.29) is 24.9 Å². The van der Waals surface area contributed by atoms with Gasteiger partial charge < -0.3 is 4.90 Å². The number of urea groups is 1. The maximum atomic E-state index is 13.7. The largest absolute Gasteiger partial charge is 0.401 e. The van der Waals surface area contributed by atoms with Crippen LogP contribution in [0.2, 0.25) is 0 Å². The zero-order chi connectivity index (χ0) is 21.0. The number of anilines is 1. The first kappa shape index (κ1) is 21.5. The molecule has 1 fully saturated rings. The Hall–Kier alpha value is -2.20. The lowest BCUT2D eigenvalue weighted by Gasteiger charge is -2.22. The van der Waals surface area contributed by atoms with Crippen molar-refractivity contribution < 1.29 is 22.4 Å². The lowest BCUT2D eigenvalue weighted by Crippen LogP contribution is -2.40. The molecule has 2 aromatic rings. The number of benzene rings is 1. The van der Waals surface area contributed by atoms with Gasteiger partial charge in [-0.25, -0.2) is 14.2 Å². The Morgan fingerprint density at radius 2 is 2.03 bits per heavy atom. The van der Waals surface area contributed by atoms with Gasteiger partial charge in [0, 0.05) is 43.7 Å². The van der Waals surface area contributed by atoms with Crippen molar-refractivity contribution in [1.82, 2.24) is 14.8 Å². The SMILES string of the molecule is Cc1ccc(Cc2cnc(NC(=O)N3CCCN(CC(F)(F)F)CC3)s2)cc1F. The number of nitrogens with one attached hydrogen (secondary N) is 1. The molecule has 158 valence electrons. The molecule has 0 aliphatic carbocycles. The third kappa shape index (κ3) is 6.40. The number of rotatable bonds is 4. The van der Waals surface area contributed by atoms with Gasteiger partial charge in [-0.1, -0.05) is 12.1 Å². The van der Waals surface area contributed by atoms with E-state index in [1.54, 1.807) is 19.2 Å². The molecule has 1 N–H and O–H groups in total. The van der Waals surface area contributed by atoms with E-state index in [0.29, 0.717) is 36.6 Å². The van der Waals surface area contributed by atoms with E-state index in [4.69, 9.17) is 0 Å². The number of carbonyl (C=O) groups is 1. The molecule has 1 aliphatic heterocycles. The molecule has 1 aromatic carbocycles. The van der Waals surface area contributed by atoms with Gasteiger partial charge >= 0.3 is 12.2 Å². The Bertz CT molecular complexity index is 855. The van der Waals surface area contributed by atoms with Gasteiger partial charge in [-0.15, -0.1) is 11.3 Å². The Morgan fingerprint density at radius 1 is 1.24 bits per heavy atom. The first-order valence-corrected chi connectivity index (χ1v) is 10.1. The molecular formula is C19H22F4N4OS. The van der Waals surface area contributed by atoms with Crippen LogP contribution in [0.25, 0.3) is 0 Å². The number of thiazole rings is 1. The van der Waals surface area contributed by atoms with Crippen LogP contribution in [0, 0.1) is 12.7 Å². The van der Waals surface area contributed by atoms with E-state index in [2.05, 4.69) is 10.3 Å². The molecule has 1 aliphatic rings. The van der Waals surface area contributed by atoms with E-state index in [1.165, 1.54) is 27.2 Å². The zero-order valence-electron chi connectivity index (χ0n) is 15.9. The molecule has 10 heteroatoms. The molecular weight excluding hydrogens is 408 g/mol. The van der Waals surface area contributed by atoms with Crippen molar-refractivity contribution in [3.63, 3.8) is 0 Å². The third-order valence-electron chi connectivity index (χ3n) is 4.66. The summed E-state index contributed by atoms with van der Waals surface area (Å²) in [5.41, 5.74) is 1.39. The number of aryl methyl sites for hydroxylation is 1. The average molecular weight is 430 g/mol. The highest BCUT2D eigenvalue weighted by molar-refractivity contribution is 7.15. The van der Waals surface area contributed by atoms with Crippen LogP contribution < -0.4 is 5.32 Å². The van der Waals surface area contributed by atoms with Crippen molar-refractivity contribution in [3.05, 3.63) is 46.2 Å². The Morgan fingerprint density at radius 3 is 2.76 bits per heavy atom. The summed E-state index contributed by atoms with van der Waals surface area (Å²) in [4.78, 5) is 20.3.